The molecule has 2 aromatic rings. The molecule has 0 saturated carbocycles. The SMILES string of the molecule is O=C(c1noc2c1CCCC2)N1CCCOC(Cn2cccn2)C1. The first kappa shape index (κ1) is 15.4. The minimum Gasteiger partial charge on any atom is -0.374 e. The lowest BCUT2D eigenvalue weighted by Gasteiger charge is -2.23. The summed E-state index contributed by atoms with van der Waals surface area (Å²) >= 11 is 0. The standard InChI is InChI=1S/C17H22N4O3/c22-17(16-14-5-1-2-6-15(14)24-19-16)20-8-4-10-23-13(11-20)12-21-9-3-7-18-21/h3,7,9,13H,1-2,4-6,8,10-12H2. The average molecular weight is 330 g/mol. The molecular formula is C17H22N4O3. The van der Waals surface area contributed by atoms with E-state index in [0.717, 1.165) is 43.4 Å². The Labute approximate surface area is 140 Å². The van der Waals surface area contributed by atoms with Crippen molar-refractivity contribution in [1.82, 2.24) is 19.8 Å². The molecule has 3 heterocycles. The number of fused-ring (bicyclic) bond motifs is 1. The summed E-state index contributed by atoms with van der Waals surface area (Å²) in [5, 5.41) is 8.30. The minimum absolute atomic E-state index is 0.0298. The van der Waals surface area contributed by atoms with Crippen molar-refractivity contribution in [3.8, 4) is 0 Å². The van der Waals surface area contributed by atoms with Gasteiger partial charge in [-0.25, -0.2) is 0 Å². The third kappa shape index (κ3) is 3.08. The van der Waals surface area contributed by atoms with Gasteiger partial charge in [0, 0.05) is 44.1 Å². The highest BCUT2D eigenvalue weighted by Crippen LogP contribution is 2.25. The predicted octanol–water partition coefficient (Wildman–Crippen LogP) is 1.68. The van der Waals surface area contributed by atoms with Crippen LogP contribution in [-0.2, 0) is 24.1 Å². The van der Waals surface area contributed by atoms with Gasteiger partial charge in [0.2, 0.25) is 0 Å². The van der Waals surface area contributed by atoms with E-state index in [1.165, 1.54) is 0 Å². The van der Waals surface area contributed by atoms with Crippen LogP contribution in [0.5, 0.6) is 0 Å². The van der Waals surface area contributed by atoms with Gasteiger partial charge in [0.1, 0.15) is 5.76 Å². The van der Waals surface area contributed by atoms with Gasteiger partial charge in [0.05, 0.1) is 12.6 Å². The number of amides is 1. The molecule has 1 aliphatic heterocycles. The fourth-order valence-corrected chi connectivity index (χ4v) is 3.51. The van der Waals surface area contributed by atoms with Crippen LogP contribution in [0.2, 0.25) is 0 Å². The van der Waals surface area contributed by atoms with E-state index in [0.29, 0.717) is 31.9 Å². The normalized spacial score (nSPS) is 21.3. The van der Waals surface area contributed by atoms with E-state index in [2.05, 4.69) is 10.3 Å². The molecule has 0 radical (unpaired) electrons. The van der Waals surface area contributed by atoms with Crippen LogP contribution in [0.25, 0.3) is 0 Å². The zero-order valence-electron chi connectivity index (χ0n) is 13.7. The van der Waals surface area contributed by atoms with E-state index < -0.39 is 0 Å². The van der Waals surface area contributed by atoms with Crippen LogP contribution in [0.1, 0.15) is 41.1 Å². The summed E-state index contributed by atoms with van der Waals surface area (Å²) in [5.74, 6) is 0.863. The van der Waals surface area contributed by atoms with E-state index in [-0.39, 0.29) is 12.0 Å². The van der Waals surface area contributed by atoms with E-state index in [9.17, 15) is 4.79 Å². The minimum atomic E-state index is -0.0564. The summed E-state index contributed by atoms with van der Waals surface area (Å²) in [6.45, 7) is 2.55. The van der Waals surface area contributed by atoms with Gasteiger partial charge in [-0.05, 0) is 31.7 Å². The van der Waals surface area contributed by atoms with E-state index in [1.54, 1.807) is 6.20 Å². The molecule has 7 nitrogen and oxygen atoms in total. The maximum atomic E-state index is 13.0. The number of nitrogens with zero attached hydrogens (tertiary/aromatic N) is 4. The highest BCUT2D eigenvalue weighted by atomic mass is 16.5. The summed E-state index contributed by atoms with van der Waals surface area (Å²) in [5.41, 5.74) is 1.52. The van der Waals surface area contributed by atoms with Gasteiger partial charge in [-0.1, -0.05) is 5.16 Å². The average Bonchev–Trinajstić information content (AvgIpc) is 3.20. The van der Waals surface area contributed by atoms with Gasteiger partial charge in [-0.2, -0.15) is 5.10 Å². The Balaban J connectivity index is 1.49. The lowest BCUT2D eigenvalue weighted by Crippen LogP contribution is -2.39. The van der Waals surface area contributed by atoms with Crippen LogP contribution in [-0.4, -0.2) is 51.5 Å². The number of carbonyl (C=O) groups excluding carboxylic acids is 1. The van der Waals surface area contributed by atoms with Crippen LogP contribution >= 0.6 is 0 Å². The summed E-state index contributed by atoms with van der Waals surface area (Å²) in [4.78, 5) is 14.8. The maximum Gasteiger partial charge on any atom is 0.276 e. The first-order valence-corrected chi connectivity index (χ1v) is 8.67. The van der Waals surface area contributed by atoms with E-state index in [4.69, 9.17) is 9.26 Å². The Morgan fingerprint density at radius 3 is 3.08 bits per heavy atom. The largest absolute Gasteiger partial charge is 0.374 e. The quantitative estimate of drug-likeness (QED) is 0.856. The van der Waals surface area contributed by atoms with Gasteiger partial charge in [-0.3, -0.25) is 9.48 Å². The van der Waals surface area contributed by atoms with Crippen molar-refractivity contribution in [1.29, 1.82) is 0 Å². The number of rotatable bonds is 3. The monoisotopic (exact) mass is 330 g/mol. The molecule has 2 aliphatic rings. The van der Waals surface area contributed by atoms with Crippen molar-refractivity contribution in [3.63, 3.8) is 0 Å². The molecule has 4 rings (SSSR count). The summed E-state index contributed by atoms with van der Waals surface area (Å²) in [6, 6.07) is 1.89. The third-order valence-corrected chi connectivity index (χ3v) is 4.74. The van der Waals surface area contributed by atoms with Crippen molar-refractivity contribution >= 4 is 5.91 Å². The van der Waals surface area contributed by atoms with Crippen LogP contribution in [0.15, 0.2) is 23.0 Å². The van der Waals surface area contributed by atoms with Crippen LogP contribution in [0, 0.1) is 0 Å². The van der Waals surface area contributed by atoms with E-state index >= 15 is 0 Å². The zero-order chi connectivity index (χ0) is 16.4. The van der Waals surface area contributed by atoms with Crippen LogP contribution < -0.4 is 0 Å². The fourth-order valence-electron chi connectivity index (χ4n) is 3.51. The second-order valence-corrected chi connectivity index (χ2v) is 6.47. The number of hydrogen-bond donors (Lipinski definition) is 0. The topological polar surface area (TPSA) is 73.4 Å². The van der Waals surface area contributed by atoms with Gasteiger partial charge in [0.15, 0.2) is 5.69 Å². The summed E-state index contributed by atoms with van der Waals surface area (Å²) in [7, 11) is 0. The van der Waals surface area contributed by atoms with Gasteiger partial charge in [-0.15, -0.1) is 0 Å². The molecule has 1 amide bonds. The molecule has 128 valence electrons. The summed E-state index contributed by atoms with van der Waals surface area (Å²) < 4.78 is 13.1. The van der Waals surface area contributed by atoms with Crippen molar-refractivity contribution in [3.05, 3.63) is 35.5 Å². The number of ether oxygens (including phenoxy) is 1. The third-order valence-electron chi connectivity index (χ3n) is 4.74. The summed E-state index contributed by atoms with van der Waals surface area (Å²) in [6.07, 6.45) is 8.43. The highest BCUT2D eigenvalue weighted by molar-refractivity contribution is 5.94. The number of carbonyl (C=O) groups is 1. The van der Waals surface area contributed by atoms with Gasteiger partial charge in [0.25, 0.3) is 5.91 Å². The van der Waals surface area contributed by atoms with Gasteiger partial charge >= 0.3 is 0 Å². The molecule has 1 saturated heterocycles. The molecule has 24 heavy (non-hydrogen) atoms. The molecule has 1 aliphatic carbocycles. The Hall–Kier alpha value is -2.15. The fraction of sp³-hybridized carbons (Fsp3) is 0.588. The Kier molecular flexibility index (Phi) is 4.34. The smallest absolute Gasteiger partial charge is 0.276 e. The number of hydrogen-bond acceptors (Lipinski definition) is 5. The van der Waals surface area contributed by atoms with Crippen molar-refractivity contribution in [2.75, 3.05) is 19.7 Å². The zero-order valence-corrected chi connectivity index (χ0v) is 13.7. The maximum absolute atomic E-state index is 13.0. The molecule has 0 N–H and O–H groups in total. The van der Waals surface area contributed by atoms with Crippen LogP contribution in [0.3, 0.4) is 0 Å². The molecule has 0 spiro atoms. The van der Waals surface area contributed by atoms with Gasteiger partial charge < -0.3 is 14.2 Å². The van der Waals surface area contributed by atoms with Crippen molar-refractivity contribution < 1.29 is 14.1 Å². The van der Waals surface area contributed by atoms with Crippen molar-refractivity contribution in [2.24, 2.45) is 0 Å². The molecule has 0 bridgehead atoms. The number of aromatic nitrogens is 3. The number of aryl methyl sites for hydroxylation is 1. The highest BCUT2D eigenvalue weighted by Gasteiger charge is 2.30. The Morgan fingerprint density at radius 1 is 1.29 bits per heavy atom. The lowest BCUT2D eigenvalue weighted by atomic mass is 9.96. The first-order chi connectivity index (χ1) is 11.8. The predicted molar refractivity (Wildman–Crippen MR) is 85.6 cm³/mol. The van der Waals surface area contributed by atoms with Crippen molar-refractivity contribution in [2.45, 2.75) is 44.8 Å². The van der Waals surface area contributed by atoms with Crippen LogP contribution in [0.4, 0.5) is 0 Å². The molecule has 1 fully saturated rings. The molecular weight excluding hydrogens is 308 g/mol. The first-order valence-electron chi connectivity index (χ1n) is 8.67. The Morgan fingerprint density at radius 2 is 2.21 bits per heavy atom. The molecule has 0 aromatic carbocycles. The van der Waals surface area contributed by atoms with E-state index in [1.807, 2.05) is 21.8 Å². The lowest BCUT2D eigenvalue weighted by molar-refractivity contribution is 0.0364. The molecule has 2 aromatic heterocycles. The second-order valence-electron chi connectivity index (χ2n) is 6.47. The molecule has 1 unspecified atom stereocenters. The molecule has 7 heteroatoms. The second kappa shape index (κ2) is 6.76. The Bertz CT molecular complexity index is 695. The molecule has 1 atom stereocenters.